The highest BCUT2D eigenvalue weighted by atomic mass is 32.2. The number of ketones is 1. The Morgan fingerprint density at radius 3 is 2.95 bits per heavy atom. The minimum absolute atomic E-state index is 0.0103. The second kappa shape index (κ2) is 6.53. The highest BCUT2D eigenvalue weighted by Crippen LogP contribution is 2.40. The molecule has 0 radical (unpaired) electrons. The molecule has 0 amide bonds. The first-order valence-corrected chi connectivity index (χ1v) is 9.12. The number of rotatable bonds is 3. The average molecular weight is 304 g/mol. The molecule has 0 aromatic heterocycles. The predicted molar refractivity (Wildman–Crippen MR) is 87.9 cm³/mol. The molecule has 3 rings (SSSR count). The third-order valence-electron chi connectivity index (χ3n) is 4.81. The summed E-state index contributed by atoms with van der Waals surface area (Å²) in [6, 6.07) is 8.32. The van der Waals surface area contributed by atoms with Crippen LogP contribution in [0.25, 0.3) is 0 Å². The van der Waals surface area contributed by atoms with Crippen molar-refractivity contribution in [2.24, 2.45) is 5.92 Å². The van der Waals surface area contributed by atoms with Crippen molar-refractivity contribution in [3.8, 4) is 0 Å². The fourth-order valence-corrected chi connectivity index (χ4v) is 4.80. The van der Waals surface area contributed by atoms with Gasteiger partial charge in [0.1, 0.15) is 5.78 Å². The molecule has 1 aromatic rings. The van der Waals surface area contributed by atoms with Crippen LogP contribution >= 0.6 is 11.8 Å². The lowest BCUT2D eigenvalue weighted by Crippen LogP contribution is -2.44. The van der Waals surface area contributed by atoms with Gasteiger partial charge in [-0.05, 0) is 49.7 Å². The fourth-order valence-electron chi connectivity index (χ4n) is 3.56. The molecule has 2 nitrogen and oxygen atoms in total. The van der Waals surface area contributed by atoms with Crippen molar-refractivity contribution in [1.29, 1.82) is 0 Å². The van der Waals surface area contributed by atoms with Gasteiger partial charge in [-0.1, -0.05) is 29.8 Å². The molecule has 1 atom stereocenters. The molecule has 2 saturated heterocycles. The standard InChI is InChI=1S/C18H24O2S/c1-14-3-2-4-15(11-14)12-17(19)16-5-8-20-18(13-16)6-9-21-10-7-18/h2-4,11,16H,5-10,12-13H2,1H3. The first-order chi connectivity index (χ1) is 10.2. The Morgan fingerprint density at radius 2 is 2.19 bits per heavy atom. The molecule has 0 aliphatic carbocycles. The molecule has 2 aliphatic rings. The molecule has 0 bridgehead atoms. The molecule has 0 saturated carbocycles. The van der Waals surface area contributed by atoms with Gasteiger partial charge in [0.2, 0.25) is 0 Å². The normalized spacial score (nSPS) is 24.9. The fraction of sp³-hybridized carbons (Fsp3) is 0.611. The molecule has 114 valence electrons. The summed E-state index contributed by atoms with van der Waals surface area (Å²) < 4.78 is 6.09. The molecule has 2 heterocycles. The lowest BCUT2D eigenvalue weighted by atomic mass is 9.79. The van der Waals surface area contributed by atoms with Crippen molar-refractivity contribution in [2.75, 3.05) is 18.1 Å². The van der Waals surface area contributed by atoms with Crippen LogP contribution in [0.2, 0.25) is 0 Å². The van der Waals surface area contributed by atoms with E-state index in [0.29, 0.717) is 12.2 Å². The Kier molecular flexibility index (Phi) is 4.70. The van der Waals surface area contributed by atoms with Gasteiger partial charge in [0.05, 0.1) is 5.60 Å². The van der Waals surface area contributed by atoms with E-state index in [9.17, 15) is 4.79 Å². The van der Waals surface area contributed by atoms with Gasteiger partial charge in [-0.15, -0.1) is 0 Å². The number of hydrogen-bond acceptors (Lipinski definition) is 3. The van der Waals surface area contributed by atoms with Crippen LogP contribution in [-0.4, -0.2) is 29.5 Å². The zero-order valence-corrected chi connectivity index (χ0v) is 13.6. The van der Waals surface area contributed by atoms with Gasteiger partial charge in [0, 0.05) is 18.9 Å². The van der Waals surface area contributed by atoms with Crippen LogP contribution < -0.4 is 0 Å². The molecule has 1 spiro atoms. The molecule has 1 unspecified atom stereocenters. The monoisotopic (exact) mass is 304 g/mol. The van der Waals surface area contributed by atoms with E-state index in [2.05, 4.69) is 25.1 Å². The third-order valence-corrected chi connectivity index (χ3v) is 5.80. The number of benzene rings is 1. The highest BCUT2D eigenvalue weighted by Gasteiger charge is 2.40. The number of ether oxygens (including phenoxy) is 1. The lowest BCUT2D eigenvalue weighted by molar-refractivity contribution is -0.137. The summed E-state index contributed by atoms with van der Waals surface area (Å²) in [5.41, 5.74) is 2.39. The summed E-state index contributed by atoms with van der Waals surface area (Å²) in [5.74, 6) is 2.96. The van der Waals surface area contributed by atoms with Crippen molar-refractivity contribution in [3.05, 3.63) is 35.4 Å². The van der Waals surface area contributed by atoms with Crippen molar-refractivity contribution in [3.63, 3.8) is 0 Å². The van der Waals surface area contributed by atoms with Gasteiger partial charge in [0.25, 0.3) is 0 Å². The summed E-state index contributed by atoms with van der Waals surface area (Å²) in [7, 11) is 0. The van der Waals surface area contributed by atoms with E-state index >= 15 is 0 Å². The molecule has 3 heteroatoms. The van der Waals surface area contributed by atoms with Gasteiger partial charge in [-0.25, -0.2) is 0 Å². The largest absolute Gasteiger partial charge is 0.375 e. The van der Waals surface area contributed by atoms with E-state index < -0.39 is 0 Å². The van der Waals surface area contributed by atoms with E-state index in [1.807, 2.05) is 17.8 Å². The number of thioether (sulfide) groups is 1. The second-order valence-corrected chi connectivity index (χ2v) is 7.69. The Morgan fingerprint density at radius 1 is 1.38 bits per heavy atom. The maximum absolute atomic E-state index is 12.6. The third kappa shape index (κ3) is 3.70. The highest BCUT2D eigenvalue weighted by molar-refractivity contribution is 7.99. The number of hydrogen-bond donors (Lipinski definition) is 0. The molecule has 1 aromatic carbocycles. The molecule has 0 N–H and O–H groups in total. The van der Waals surface area contributed by atoms with Crippen molar-refractivity contribution >= 4 is 17.5 Å². The minimum atomic E-state index is 0.0103. The van der Waals surface area contributed by atoms with Gasteiger partial charge in [0.15, 0.2) is 0 Å². The zero-order chi connectivity index (χ0) is 14.7. The van der Waals surface area contributed by atoms with Crippen molar-refractivity contribution in [2.45, 2.75) is 44.6 Å². The number of aryl methyl sites for hydroxylation is 1. The van der Waals surface area contributed by atoms with Gasteiger partial charge >= 0.3 is 0 Å². The van der Waals surface area contributed by atoms with E-state index in [0.717, 1.165) is 37.9 Å². The first kappa shape index (κ1) is 15.1. The lowest BCUT2D eigenvalue weighted by Gasteiger charge is -2.43. The molecular formula is C18H24O2S. The number of carbonyl (C=O) groups is 1. The summed E-state index contributed by atoms with van der Waals surface area (Å²) in [5, 5.41) is 0. The molecule has 2 aliphatic heterocycles. The zero-order valence-electron chi connectivity index (χ0n) is 12.8. The van der Waals surface area contributed by atoms with Crippen LogP contribution in [0.3, 0.4) is 0 Å². The van der Waals surface area contributed by atoms with E-state index in [4.69, 9.17) is 4.74 Å². The molecule has 21 heavy (non-hydrogen) atoms. The Labute approximate surface area is 131 Å². The summed E-state index contributed by atoms with van der Waals surface area (Å²) in [6.07, 6.45) is 4.66. The van der Waals surface area contributed by atoms with E-state index in [-0.39, 0.29) is 11.5 Å². The van der Waals surface area contributed by atoms with Crippen molar-refractivity contribution < 1.29 is 9.53 Å². The van der Waals surface area contributed by atoms with Crippen LogP contribution in [0.4, 0.5) is 0 Å². The average Bonchev–Trinajstić information content (AvgIpc) is 2.48. The number of carbonyl (C=O) groups excluding carboxylic acids is 1. The topological polar surface area (TPSA) is 26.3 Å². The Balaban J connectivity index is 1.64. The quantitative estimate of drug-likeness (QED) is 0.849. The maximum atomic E-state index is 12.6. The summed E-state index contributed by atoms with van der Waals surface area (Å²) in [4.78, 5) is 12.6. The molecular weight excluding hydrogens is 280 g/mol. The maximum Gasteiger partial charge on any atom is 0.140 e. The first-order valence-electron chi connectivity index (χ1n) is 7.97. The second-order valence-electron chi connectivity index (χ2n) is 6.47. The smallest absolute Gasteiger partial charge is 0.140 e. The van der Waals surface area contributed by atoms with E-state index in [1.165, 1.54) is 17.1 Å². The van der Waals surface area contributed by atoms with Crippen LogP contribution in [0.15, 0.2) is 24.3 Å². The molecule has 2 fully saturated rings. The van der Waals surface area contributed by atoms with E-state index in [1.54, 1.807) is 0 Å². The Bertz CT molecular complexity index is 500. The van der Waals surface area contributed by atoms with Gasteiger partial charge in [-0.3, -0.25) is 4.79 Å². The van der Waals surface area contributed by atoms with Crippen LogP contribution in [-0.2, 0) is 16.0 Å². The van der Waals surface area contributed by atoms with Crippen LogP contribution in [0.5, 0.6) is 0 Å². The predicted octanol–water partition coefficient (Wildman–Crippen LogP) is 3.80. The Hall–Kier alpha value is -0.800. The summed E-state index contributed by atoms with van der Waals surface area (Å²) >= 11 is 2.01. The summed E-state index contributed by atoms with van der Waals surface area (Å²) in [6.45, 7) is 2.84. The van der Waals surface area contributed by atoms with Gasteiger partial charge in [-0.2, -0.15) is 11.8 Å². The number of Topliss-reactive ketones (excluding diaryl/α,β-unsaturated/α-hetero) is 1. The van der Waals surface area contributed by atoms with Crippen molar-refractivity contribution in [1.82, 2.24) is 0 Å². The van der Waals surface area contributed by atoms with Gasteiger partial charge < -0.3 is 4.74 Å². The van der Waals surface area contributed by atoms with Crippen LogP contribution in [0, 0.1) is 12.8 Å². The SMILES string of the molecule is Cc1cccc(CC(=O)C2CCOC3(CCSCC3)C2)c1. The van der Waals surface area contributed by atoms with Crippen LogP contribution in [0.1, 0.15) is 36.8 Å². The minimum Gasteiger partial charge on any atom is -0.375 e.